The number of benzene rings is 1. The van der Waals surface area contributed by atoms with Gasteiger partial charge in [0.1, 0.15) is 11.3 Å². The average Bonchev–Trinajstić information content (AvgIpc) is 2.74. The molecule has 24 heavy (non-hydrogen) atoms. The van der Waals surface area contributed by atoms with Gasteiger partial charge in [0.2, 0.25) is 0 Å². The Morgan fingerprint density at radius 2 is 2.08 bits per heavy atom. The molecule has 0 radical (unpaired) electrons. The third kappa shape index (κ3) is 2.85. The van der Waals surface area contributed by atoms with Crippen LogP contribution in [0.2, 0.25) is 5.02 Å². The SMILES string of the molecule is COc1cc(C)cc(Cl)c1C1=C(O)C(C2=CC=CC=CC2)OC1=O. The predicted octanol–water partition coefficient (Wildman–Crippen LogP) is 4.29. The molecular weight excluding hydrogens is 328 g/mol. The summed E-state index contributed by atoms with van der Waals surface area (Å²) in [4.78, 5) is 12.4. The van der Waals surface area contributed by atoms with Crippen molar-refractivity contribution in [3.63, 3.8) is 0 Å². The van der Waals surface area contributed by atoms with Gasteiger partial charge in [-0.2, -0.15) is 0 Å². The number of ether oxygens (including phenoxy) is 2. The number of aliphatic hydroxyl groups excluding tert-OH is 1. The van der Waals surface area contributed by atoms with Crippen molar-refractivity contribution in [3.05, 3.63) is 70.0 Å². The molecule has 1 aromatic rings. The minimum Gasteiger partial charge on any atom is -0.507 e. The highest BCUT2D eigenvalue weighted by Crippen LogP contribution is 2.41. The molecule has 1 atom stereocenters. The average molecular weight is 345 g/mol. The first kappa shape index (κ1) is 16.4. The maximum Gasteiger partial charge on any atom is 0.343 e. The van der Waals surface area contributed by atoms with E-state index >= 15 is 0 Å². The summed E-state index contributed by atoms with van der Waals surface area (Å²) in [5, 5.41) is 11.0. The van der Waals surface area contributed by atoms with Gasteiger partial charge in [-0.3, -0.25) is 0 Å². The Morgan fingerprint density at radius 3 is 2.83 bits per heavy atom. The maximum absolute atomic E-state index is 12.4. The first-order chi connectivity index (χ1) is 11.5. The monoisotopic (exact) mass is 344 g/mol. The van der Waals surface area contributed by atoms with Crippen LogP contribution in [-0.4, -0.2) is 24.3 Å². The van der Waals surface area contributed by atoms with Gasteiger partial charge in [0.05, 0.1) is 17.7 Å². The molecule has 1 aromatic carbocycles. The van der Waals surface area contributed by atoms with Gasteiger partial charge in [-0.15, -0.1) is 0 Å². The second kappa shape index (κ2) is 6.57. The van der Waals surface area contributed by atoms with Gasteiger partial charge in [0.25, 0.3) is 0 Å². The van der Waals surface area contributed by atoms with Crippen LogP contribution < -0.4 is 4.74 Å². The number of carbonyl (C=O) groups is 1. The molecule has 0 bridgehead atoms. The van der Waals surface area contributed by atoms with E-state index in [9.17, 15) is 9.90 Å². The molecule has 4 nitrogen and oxygen atoms in total. The number of aryl methyl sites for hydroxylation is 1. The van der Waals surface area contributed by atoms with Crippen molar-refractivity contribution in [2.45, 2.75) is 19.4 Å². The van der Waals surface area contributed by atoms with Crippen LogP contribution in [0.15, 0.2) is 53.8 Å². The Labute approximate surface area is 145 Å². The molecule has 0 saturated carbocycles. The van der Waals surface area contributed by atoms with Crippen LogP contribution >= 0.6 is 11.6 Å². The minimum atomic E-state index is -0.804. The number of carbonyl (C=O) groups excluding carboxylic acids is 1. The molecule has 1 aliphatic carbocycles. The predicted molar refractivity (Wildman–Crippen MR) is 93.1 cm³/mol. The second-order valence-electron chi connectivity index (χ2n) is 5.63. The molecule has 0 fully saturated rings. The number of halogens is 1. The highest BCUT2D eigenvalue weighted by Gasteiger charge is 2.39. The molecule has 0 amide bonds. The fraction of sp³-hybridized carbons (Fsp3) is 0.211. The Balaban J connectivity index is 2.11. The number of methoxy groups -OCH3 is 1. The lowest BCUT2D eigenvalue weighted by molar-refractivity contribution is -0.137. The van der Waals surface area contributed by atoms with Crippen LogP contribution in [0, 0.1) is 6.92 Å². The van der Waals surface area contributed by atoms with Crippen molar-refractivity contribution >= 4 is 23.1 Å². The molecule has 1 unspecified atom stereocenters. The van der Waals surface area contributed by atoms with E-state index in [1.54, 1.807) is 12.1 Å². The highest BCUT2D eigenvalue weighted by atomic mass is 35.5. The summed E-state index contributed by atoms with van der Waals surface area (Å²) >= 11 is 6.31. The Bertz CT molecular complexity index is 815. The third-order valence-electron chi connectivity index (χ3n) is 3.96. The fourth-order valence-electron chi connectivity index (χ4n) is 2.84. The van der Waals surface area contributed by atoms with Crippen LogP contribution in [0.3, 0.4) is 0 Å². The van der Waals surface area contributed by atoms with Crippen molar-refractivity contribution in [2.75, 3.05) is 7.11 Å². The minimum absolute atomic E-state index is 0.0555. The summed E-state index contributed by atoms with van der Waals surface area (Å²) < 4.78 is 10.7. The van der Waals surface area contributed by atoms with E-state index in [1.807, 2.05) is 37.3 Å². The molecule has 3 rings (SSSR count). The lowest BCUT2D eigenvalue weighted by atomic mass is 9.98. The zero-order valence-electron chi connectivity index (χ0n) is 13.4. The standard InChI is InChI=1S/C19H17ClO4/c1-11-9-13(20)15(14(10-11)23-2)16-17(21)18(24-19(16)22)12-7-5-3-4-6-8-12/h3-7,9-10,18,21H,8H2,1-2H3. The van der Waals surface area contributed by atoms with Crippen molar-refractivity contribution in [2.24, 2.45) is 0 Å². The molecule has 124 valence electrons. The number of allylic oxidation sites excluding steroid dienone is 5. The molecular formula is C19H17ClO4. The second-order valence-corrected chi connectivity index (χ2v) is 6.04. The van der Waals surface area contributed by atoms with E-state index in [4.69, 9.17) is 21.1 Å². The molecule has 5 heteroatoms. The molecule has 1 N–H and O–H groups in total. The van der Waals surface area contributed by atoms with Gasteiger partial charge in [-0.25, -0.2) is 4.79 Å². The fourth-order valence-corrected chi connectivity index (χ4v) is 3.20. The van der Waals surface area contributed by atoms with Gasteiger partial charge in [0.15, 0.2) is 11.9 Å². The first-order valence-corrected chi connectivity index (χ1v) is 7.91. The Hall–Kier alpha value is -2.46. The van der Waals surface area contributed by atoms with E-state index in [2.05, 4.69) is 0 Å². The van der Waals surface area contributed by atoms with E-state index < -0.39 is 12.1 Å². The number of hydrogen-bond donors (Lipinski definition) is 1. The van der Waals surface area contributed by atoms with Crippen molar-refractivity contribution in [1.82, 2.24) is 0 Å². The topological polar surface area (TPSA) is 55.8 Å². The zero-order chi connectivity index (χ0) is 17.3. The smallest absolute Gasteiger partial charge is 0.343 e. The van der Waals surface area contributed by atoms with Gasteiger partial charge < -0.3 is 14.6 Å². The van der Waals surface area contributed by atoms with E-state index in [-0.39, 0.29) is 11.3 Å². The number of aliphatic hydroxyl groups is 1. The van der Waals surface area contributed by atoms with Gasteiger partial charge in [0, 0.05) is 0 Å². The first-order valence-electron chi connectivity index (χ1n) is 7.53. The third-order valence-corrected chi connectivity index (χ3v) is 4.26. The highest BCUT2D eigenvalue weighted by molar-refractivity contribution is 6.35. The van der Waals surface area contributed by atoms with Crippen LogP contribution in [0.4, 0.5) is 0 Å². The van der Waals surface area contributed by atoms with Crippen LogP contribution in [0.25, 0.3) is 5.57 Å². The Morgan fingerprint density at radius 1 is 1.29 bits per heavy atom. The summed E-state index contributed by atoms with van der Waals surface area (Å²) in [5.41, 5.74) is 2.10. The summed E-state index contributed by atoms with van der Waals surface area (Å²) in [6, 6.07) is 3.48. The van der Waals surface area contributed by atoms with Crippen LogP contribution in [-0.2, 0) is 9.53 Å². The van der Waals surface area contributed by atoms with Gasteiger partial charge >= 0.3 is 5.97 Å². The van der Waals surface area contributed by atoms with Crippen LogP contribution in [0.5, 0.6) is 5.75 Å². The molecule has 1 aliphatic heterocycles. The van der Waals surface area contributed by atoms with E-state index in [0.29, 0.717) is 22.8 Å². The van der Waals surface area contributed by atoms with E-state index in [0.717, 1.165) is 11.1 Å². The molecule has 2 aliphatic rings. The van der Waals surface area contributed by atoms with Crippen molar-refractivity contribution in [1.29, 1.82) is 0 Å². The lowest BCUT2D eigenvalue weighted by Gasteiger charge is -2.12. The van der Waals surface area contributed by atoms with Crippen molar-refractivity contribution < 1.29 is 19.4 Å². The largest absolute Gasteiger partial charge is 0.507 e. The Kier molecular flexibility index (Phi) is 4.49. The molecule has 1 heterocycles. The summed E-state index contributed by atoms with van der Waals surface area (Å²) in [6.45, 7) is 1.87. The number of hydrogen-bond acceptors (Lipinski definition) is 4. The van der Waals surface area contributed by atoms with Gasteiger partial charge in [-0.1, -0.05) is 42.0 Å². The number of cyclic esters (lactones) is 1. The maximum atomic E-state index is 12.4. The zero-order valence-corrected chi connectivity index (χ0v) is 14.1. The van der Waals surface area contributed by atoms with E-state index in [1.165, 1.54) is 7.11 Å². The lowest BCUT2D eigenvalue weighted by Crippen LogP contribution is -2.14. The molecule has 0 saturated heterocycles. The molecule has 0 spiro atoms. The summed E-state index contributed by atoms with van der Waals surface area (Å²) in [7, 11) is 1.49. The number of esters is 1. The quantitative estimate of drug-likeness (QED) is 0.831. The molecule has 0 aromatic heterocycles. The van der Waals surface area contributed by atoms with Crippen molar-refractivity contribution in [3.8, 4) is 5.75 Å². The summed E-state index contributed by atoms with van der Waals surface area (Å²) in [6.07, 6.45) is 9.19. The van der Waals surface area contributed by atoms with Crippen LogP contribution in [0.1, 0.15) is 17.5 Å². The van der Waals surface area contributed by atoms with Gasteiger partial charge in [-0.05, 0) is 36.6 Å². The number of rotatable bonds is 3. The summed E-state index contributed by atoms with van der Waals surface area (Å²) in [5.74, 6) is -0.326. The normalized spacial score (nSPS) is 20.0.